The summed E-state index contributed by atoms with van der Waals surface area (Å²) in [5.74, 6) is -0.131. The van der Waals surface area contributed by atoms with E-state index in [0.29, 0.717) is 6.04 Å². The van der Waals surface area contributed by atoms with Gasteiger partial charge in [0.15, 0.2) is 0 Å². The Morgan fingerprint density at radius 1 is 1.33 bits per heavy atom. The van der Waals surface area contributed by atoms with Crippen LogP contribution in [0.4, 0.5) is 0 Å². The van der Waals surface area contributed by atoms with E-state index in [1.807, 2.05) is 4.90 Å². The Labute approximate surface area is 90.9 Å². The molecule has 2 rings (SSSR count). The lowest BCUT2D eigenvalue weighted by Gasteiger charge is -2.39. The molecule has 4 nitrogen and oxygen atoms in total. The summed E-state index contributed by atoms with van der Waals surface area (Å²) in [5.41, 5.74) is -1.22. The molecule has 2 saturated heterocycles. The minimum Gasteiger partial charge on any atom is -0.381 e. The van der Waals surface area contributed by atoms with E-state index in [0.717, 1.165) is 19.6 Å². The predicted molar refractivity (Wildman–Crippen MR) is 57.5 cm³/mol. The number of nitrogens with zero attached hydrogens (tertiary/aromatic N) is 2. The second-order valence-electron chi connectivity index (χ2n) is 5.14. The van der Waals surface area contributed by atoms with Gasteiger partial charge in [0.05, 0.1) is 0 Å². The molecule has 0 aromatic heterocycles. The van der Waals surface area contributed by atoms with Crippen LogP contribution in [0.25, 0.3) is 0 Å². The fourth-order valence-electron chi connectivity index (χ4n) is 2.56. The smallest absolute Gasteiger partial charge is 0.254 e. The molecule has 0 aliphatic carbocycles. The zero-order valence-corrected chi connectivity index (χ0v) is 9.57. The summed E-state index contributed by atoms with van der Waals surface area (Å²) in [6.07, 6.45) is 2.44. The highest BCUT2D eigenvalue weighted by atomic mass is 16.3. The molecule has 0 aromatic carbocycles. The van der Waals surface area contributed by atoms with E-state index in [1.165, 1.54) is 19.4 Å². The van der Waals surface area contributed by atoms with Gasteiger partial charge >= 0.3 is 0 Å². The van der Waals surface area contributed by atoms with Crippen LogP contribution in [-0.2, 0) is 4.79 Å². The molecule has 1 atom stereocenters. The lowest BCUT2D eigenvalue weighted by Crippen LogP contribution is -2.56. The van der Waals surface area contributed by atoms with Crippen LogP contribution in [0, 0.1) is 0 Å². The summed E-state index contributed by atoms with van der Waals surface area (Å²) in [6.45, 7) is 6.83. The van der Waals surface area contributed by atoms with Gasteiger partial charge in [0, 0.05) is 25.7 Å². The van der Waals surface area contributed by atoms with Crippen molar-refractivity contribution >= 4 is 5.91 Å². The number of carbonyl (C=O) groups excluding carboxylic acids is 1. The molecule has 2 aliphatic heterocycles. The number of fused-ring (bicyclic) bond motifs is 1. The topological polar surface area (TPSA) is 43.8 Å². The molecule has 1 unspecified atom stereocenters. The zero-order valence-electron chi connectivity index (χ0n) is 9.57. The third kappa shape index (κ3) is 2.16. The number of amides is 1. The highest BCUT2D eigenvalue weighted by Gasteiger charge is 2.36. The molecule has 1 amide bonds. The van der Waals surface area contributed by atoms with Gasteiger partial charge in [-0.2, -0.15) is 0 Å². The highest BCUT2D eigenvalue weighted by Crippen LogP contribution is 2.22. The minimum atomic E-state index is -1.22. The van der Waals surface area contributed by atoms with Crippen LogP contribution in [0.2, 0.25) is 0 Å². The van der Waals surface area contributed by atoms with E-state index < -0.39 is 5.60 Å². The summed E-state index contributed by atoms with van der Waals surface area (Å²) in [5, 5.41) is 9.67. The van der Waals surface area contributed by atoms with Gasteiger partial charge in [-0.1, -0.05) is 0 Å². The van der Waals surface area contributed by atoms with Crippen molar-refractivity contribution in [2.75, 3.05) is 26.2 Å². The third-order valence-electron chi connectivity index (χ3n) is 3.40. The number of hydrogen-bond donors (Lipinski definition) is 1. The molecule has 0 aromatic rings. The molecular formula is C11H20N2O2. The van der Waals surface area contributed by atoms with Crippen LogP contribution in [0.5, 0.6) is 0 Å². The van der Waals surface area contributed by atoms with Crippen molar-refractivity contribution in [2.24, 2.45) is 0 Å². The van der Waals surface area contributed by atoms with Crippen molar-refractivity contribution in [3.05, 3.63) is 0 Å². The van der Waals surface area contributed by atoms with Gasteiger partial charge in [-0.3, -0.25) is 9.69 Å². The molecule has 0 spiro atoms. The van der Waals surface area contributed by atoms with Crippen molar-refractivity contribution in [3.63, 3.8) is 0 Å². The molecule has 15 heavy (non-hydrogen) atoms. The first-order valence-electron chi connectivity index (χ1n) is 5.74. The molecule has 2 heterocycles. The predicted octanol–water partition coefficient (Wildman–Crippen LogP) is 0.0639. The summed E-state index contributed by atoms with van der Waals surface area (Å²) >= 11 is 0. The van der Waals surface area contributed by atoms with Gasteiger partial charge in [0.25, 0.3) is 5.91 Å². The maximum Gasteiger partial charge on any atom is 0.254 e. The number of aliphatic hydroxyl groups is 1. The SMILES string of the molecule is CC(C)(O)C(=O)N1CCN2CCCC2C1. The van der Waals surface area contributed by atoms with Crippen molar-refractivity contribution in [2.45, 2.75) is 38.3 Å². The average Bonchev–Trinajstić information content (AvgIpc) is 2.61. The second-order valence-corrected chi connectivity index (χ2v) is 5.14. The lowest BCUT2D eigenvalue weighted by molar-refractivity contribution is -0.150. The zero-order chi connectivity index (χ0) is 11.1. The first-order chi connectivity index (χ1) is 6.98. The Balaban J connectivity index is 1.98. The van der Waals surface area contributed by atoms with Crippen LogP contribution < -0.4 is 0 Å². The second kappa shape index (κ2) is 3.76. The Hall–Kier alpha value is -0.610. The van der Waals surface area contributed by atoms with Gasteiger partial charge in [0.1, 0.15) is 5.60 Å². The van der Waals surface area contributed by atoms with E-state index in [2.05, 4.69) is 4.90 Å². The quantitative estimate of drug-likeness (QED) is 0.668. The van der Waals surface area contributed by atoms with Crippen LogP contribution in [-0.4, -0.2) is 58.6 Å². The fraction of sp³-hybridized carbons (Fsp3) is 0.909. The summed E-state index contributed by atoms with van der Waals surface area (Å²) in [6, 6.07) is 0.532. The van der Waals surface area contributed by atoms with Crippen LogP contribution in [0.1, 0.15) is 26.7 Å². The molecule has 0 bridgehead atoms. The van der Waals surface area contributed by atoms with Crippen molar-refractivity contribution < 1.29 is 9.90 Å². The molecule has 0 saturated carbocycles. The summed E-state index contributed by atoms with van der Waals surface area (Å²) in [4.78, 5) is 16.1. The molecular weight excluding hydrogens is 192 g/mol. The third-order valence-corrected chi connectivity index (χ3v) is 3.40. The lowest BCUT2D eigenvalue weighted by atomic mass is 10.1. The van der Waals surface area contributed by atoms with Crippen molar-refractivity contribution in [1.29, 1.82) is 0 Å². The number of piperazine rings is 1. The fourth-order valence-corrected chi connectivity index (χ4v) is 2.56. The highest BCUT2D eigenvalue weighted by molar-refractivity contribution is 5.84. The Morgan fingerprint density at radius 3 is 2.73 bits per heavy atom. The first-order valence-corrected chi connectivity index (χ1v) is 5.74. The Bertz CT molecular complexity index is 260. The molecule has 2 aliphatic rings. The van der Waals surface area contributed by atoms with E-state index in [1.54, 1.807) is 13.8 Å². The van der Waals surface area contributed by atoms with Crippen molar-refractivity contribution in [1.82, 2.24) is 9.80 Å². The number of rotatable bonds is 1. The van der Waals surface area contributed by atoms with Crippen LogP contribution in [0.3, 0.4) is 0 Å². The maximum atomic E-state index is 11.9. The van der Waals surface area contributed by atoms with Gasteiger partial charge in [0.2, 0.25) is 0 Å². The summed E-state index contributed by atoms with van der Waals surface area (Å²) in [7, 11) is 0. The molecule has 86 valence electrons. The van der Waals surface area contributed by atoms with Crippen LogP contribution in [0.15, 0.2) is 0 Å². The normalized spacial score (nSPS) is 27.9. The Kier molecular flexibility index (Phi) is 2.73. The van der Waals surface area contributed by atoms with Gasteiger partial charge < -0.3 is 10.0 Å². The number of hydrogen-bond acceptors (Lipinski definition) is 3. The van der Waals surface area contributed by atoms with Crippen molar-refractivity contribution in [3.8, 4) is 0 Å². The maximum absolute atomic E-state index is 11.9. The molecule has 1 N–H and O–H groups in total. The molecule has 4 heteroatoms. The monoisotopic (exact) mass is 212 g/mol. The van der Waals surface area contributed by atoms with Gasteiger partial charge in [-0.05, 0) is 33.2 Å². The number of carbonyl (C=O) groups is 1. The van der Waals surface area contributed by atoms with Gasteiger partial charge in [-0.15, -0.1) is 0 Å². The summed E-state index contributed by atoms with van der Waals surface area (Å²) < 4.78 is 0. The molecule has 2 fully saturated rings. The largest absolute Gasteiger partial charge is 0.381 e. The standard InChI is InChI=1S/C11H20N2O2/c1-11(2,15)10(14)13-7-6-12-5-3-4-9(12)8-13/h9,15H,3-8H2,1-2H3. The van der Waals surface area contributed by atoms with E-state index in [4.69, 9.17) is 0 Å². The van der Waals surface area contributed by atoms with Crippen LogP contribution >= 0.6 is 0 Å². The van der Waals surface area contributed by atoms with Gasteiger partial charge in [-0.25, -0.2) is 0 Å². The van der Waals surface area contributed by atoms with E-state index in [9.17, 15) is 9.90 Å². The molecule has 0 radical (unpaired) electrons. The van der Waals surface area contributed by atoms with E-state index >= 15 is 0 Å². The minimum absolute atomic E-state index is 0.131. The first kappa shape index (κ1) is 10.9. The Morgan fingerprint density at radius 2 is 2.07 bits per heavy atom. The average molecular weight is 212 g/mol. The van der Waals surface area contributed by atoms with E-state index in [-0.39, 0.29) is 5.91 Å².